The first-order valence-electron chi connectivity index (χ1n) is 13.4. The third kappa shape index (κ3) is 5.91. The van der Waals surface area contributed by atoms with E-state index >= 15 is 0 Å². The van der Waals surface area contributed by atoms with E-state index < -0.39 is 6.04 Å². The molecule has 0 aliphatic heterocycles. The molecule has 6 heteroatoms. The molecule has 3 aromatic carbocycles. The SMILES string of the molecule is COc1ccc(CN(C(=O)Cc2c[nH]c3ccccc23)[C@H](C(=O)NC2CCCCC2)c2ccccc2)cc1. The summed E-state index contributed by atoms with van der Waals surface area (Å²) in [5, 5.41) is 4.31. The number of rotatable bonds is 9. The van der Waals surface area contributed by atoms with Crippen LogP contribution in [0.1, 0.15) is 54.8 Å². The Morgan fingerprint density at radius 2 is 1.66 bits per heavy atom. The number of amides is 2. The smallest absolute Gasteiger partial charge is 0.247 e. The molecule has 0 spiro atoms. The van der Waals surface area contributed by atoms with E-state index in [1.165, 1.54) is 6.42 Å². The van der Waals surface area contributed by atoms with Crippen molar-refractivity contribution in [3.05, 3.63) is 102 Å². The van der Waals surface area contributed by atoms with Crippen LogP contribution in [0.4, 0.5) is 0 Å². The number of aromatic amines is 1. The minimum atomic E-state index is -0.738. The lowest BCUT2D eigenvalue weighted by molar-refractivity contribution is -0.141. The number of nitrogens with one attached hydrogen (secondary N) is 2. The van der Waals surface area contributed by atoms with E-state index in [0.29, 0.717) is 6.54 Å². The highest BCUT2D eigenvalue weighted by molar-refractivity contribution is 5.92. The molecule has 1 aromatic heterocycles. The number of H-pyrrole nitrogens is 1. The number of ether oxygens (including phenoxy) is 1. The molecule has 2 amide bonds. The maximum absolute atomic E-state index is 14.1. The van der Waals surface area contributed by atoms with Gasteiger partial charge < -0.3 is 19.9 Å². The molecule has 0 unspecified atom stereocenters. The van der Waals surface area contributed by atoms with Crippen molar-refractivity contribution in [2.24, 2.45) is 0 Å². The van der Waals surface area contributed by atoms with Gasteiger partial charge in [0.1, 0.15) is 11.8 Å². The van der Waals surface area contributed by atoms with Gasteiger partial charge in [-0.15, -0.1) is 0 Å². The van der Waals surface area contributed by atoms with Crippen molar-refractivity contribution in [1.82, 2.24) is 15.2 Å². The molecule has 0 bridgehead atoms. The van der Waals surface area contributed by atoms with Crippen molar-refractivity contribution >= 4 is 22.7 Å². The molecule has 38 heavy (non-hydrogen) atoms. The van der Waals surface area contributed by atoms with Crippen LogP contribution in [0.2, 0.25) is 0 Å². The number of hydrogen-bond acceptors (Lipinski definition) is 3. The minimum Gasteiger partial charge on any atom is -0.497 e. The van der Waals surface area contributed by atoms with Crippen LogP contribution in [-0.2, 0) is 22.6 Å². The first kappa shape index (κ1) is 25.6. The van der Waals surface area contributed by atoms with Gasteiger partial charge in [0.15, 0.2) is 0 Å². The molecule has 1 heterocycles. The molecular weight excluding hydrogens is 474 g/mol. The largest absolute Gasteiger partial charge is 0.497 e. The third-order valence-corrected chi connectivity index (χ3v) is 7.48. The number of hydrogen-bond donors (Lipinski definition) is 2. The molecule has 4 aromatic rings. The number of fused-ring (bicyclic) bond motifs is 1. The summed E-state index contributed by atoms with van der Waals surface area (Å²) in [6.45, 7) is 0.308. The fraction of sp³-hybridized carbons (Fsp3) is 0.312. The average molecular weight is 510 g/mol. The molecule has 1 fully saturated rings. The van der Waals surface area contributed by atoms with Crippen molar-refractivity contribution in [3.8, 4) is 5.75 Å². The first-order chi connectivity index (χ1) is 18.6. The standard InChI is InChI=1S/C32H35N3O3/c1-38-27-18-16-23(17-19-27)22-35(30(36)20-25-21-33-29-15-9-8-14-28(25)29)31(24-10-4-2-5-11-24)32(37)34-26-12-6-3-7-13-26/h2,4-5,8-11,14-19,21,26,31,33H,3,6-7,12-13,20,22H2,1H3,(H,34,37)/t31-/m0/s1. The normalized spacial score (nSPS) is 14.7. The Labute approximate surface area is 224 Å². The summed E-state index contributed by atoms with van der Waals surface area (Å²) in [5.74, 6) is 0.530. The quantitative estimate of drug-likeness (QED) is 0.293. The molecular formula is C32H35N3O3. The predicted octanol–water partition coefficient (Wildman–Crippen LogP) is 5.94. The highest BCUT2D eigenvalue weighted by Gasteiger charge is 2.33. The number of carbonyl (C=O) groups excluding carboxylic acids is 2. The van der Waals surface area contributed by atoms with Gasteiger partial charge in [0.05, 0.1) is 13.5 Å². The van der Waals surface area contributed by atoms with Crippen molar-refractivity contribution in [1.29, 1.82) is 0 Å². The summed E-state index contributed by atoms with van der Waals surface area (Å²) < 4.78 is 5.32. The second-order valence-corrected chi connectivity index (χ2v) is 10.1. The van der Waals surface area contributed by atoms with E-state index in [1.807, 2.05) is 85.1 Å². The van der Waals surface area contributed by atoms with Gasteiger partial charge in [-0.1, -0.05) is 79.9 Å². The third-order valence-electron chi connectivity index (χ3n) is 7.48. The second-order valence-electron chi connectivity index (χ2n) is 10.1. The van der Waals surface area contributed by atoms with Gasteiger partial charge in [0, 0.05) is 29.7 Å². The van der Waals surface area contributed by atoms with Crippen LogP contribution in [0.15, 0.2) is 85.1 Å². The molecule has 0 saturated heterocycles. The van der Waals surface area contributed by atoms with E-state index in [4.69, 9.17) is 4.74 Å². The Bertz CT molecular complexity index is 1360. The van der Waals surface area contributed by atoms with Gasteiger partial charge in [-0.25, -0.2) is 0 Å². The van der Waals surface area contributed by atoms with Gasteiger partial charge in [-0.3, -0.25) is 9.59 Å². The molecule has 196 valence electrons. The number of nitrogens with zero attached hydrogens (tertiary/aromatic N) is 1. The van der Waals surface area contributed by atoms with Crippen LogP contribution in [0, 0.1) is 0 Å². The summed E-state index contributed by atoms with van der Waals surface area (Å²) in [6, 6.07) is 24.7. The number of benzene rings is 3. The molecule has 0 radical (unpaired) electrons. The van der Waals surface area contributed by atoms with Crippen molar-refractivity contribution in [3.63, 3.8) is 0 Å². The van der Waals surface area contributed by atoms with Crippen molar-refractivity contribution in [2.75, 3.05) is 7.11 Å². The van der Waals surface area contributed by atoms with Crippen LogP contribution in [0.25, 0.3) is 10.9 Å². The molecule has 1 aliphatic rings. The predicted molar refractivity (Wildman–Crippen MR) is 150 cm³/mol. The van der Waals surface area contributed by atoms with Gasteiger partial charge in [-0.2, -0.15) is 0 Å². The van der Waals surface area contributed by atoms with E-state index in [1.54, 1.807) is 12.0 Å². The molecule has 1 saturated carbocycles. The van der Waals surface area contributed by atoms with Crippen LogP contribution in [0.3, 0.4) is 0 Å². The van der Waals surface area contributed by atoms with Crippen LogP contribution >= 0.6 is 0 Å². The Morgan fingerprint density at radius 3 is 2.39 bits per heavy atom. The van der Waals surface area contributed by atoms with E-state index in [2.05, 4.69) is 10.3 Å². The molecule has 6 nitrogen and oxygen atoms in total. The van der Waals surface area contributed by atoms with E-state index in [-0.39, 0.29) is 24.3 Å². The van der Waals surface area contributed by atoms with Crippen molar-refractivity contribution < 1.29 is 14.3 Å². The van der Waals surface area contributed by atoms with Crippen LogP contribution in [-0.4, -0.2) is 34.8 Å². The zero-order chi connectivity index (χ0) is 26.3. The second kappa shape index (κ2) is 12.0. The number of para-hydroxylation sites is 1. The first-order valence-corrected chi connectivity index (χ1v) is 13.4. The zero-order valence-corrected chi connectivity index (χ0v) is 21.9. The van der Waals surface area contributed by atoms with Gasteiger partial charge in [0.2, 0.25) is 11.8 Å². The zero-order valence-electron chi connectivity index (χ0n) is 21.9. The summed E-state index contributed by atoms with van der Waals surface area (Å²) in [5.41, 5.74) is 3.66. The lowest BCUT2D eigenvalue weighted by Gasteiger charge is -2.33. The van der Waals surface area contributed by atoms with Crippen LogP contribution in [0.5, 0.6) is 5.75 Å². The summed E-state index contributed by atoms with van der Waals surface area (Å²) >= 11 is 0. The summed E-state index contributed by atoms with van der Waals surface area (Å²) in [4.78, 5) is 33.0. The number of methoxy groups -OCH3 is 1. The Kier molecular flexibility index (Phi) is 8.07. The van der Waals surface area contributed by atoms with Gasteiger partial charge in [-0.05, 0) is 47.7 Å². The van der Waals surface area contributed by atoms with Gasteiger partial charge >= 0.3 is 0 Å². The molecule has 1 atom stereocenters. The lowest BCUT2D eigenvalue weighted by Crippen LogP contribution is -2.47. The lowest BCUT2D eigenvalue weighted by atomic mass is 9.94. The number of carbonyl (C=O) groups is 2. The highest BCUT2D eigenvalue weighted by atomic mass is 16.5. The van der Waals surface area contributed by atoms with Gasteiger partial charge in [0.25, 0.3) is 0 Å². The highest BCUT2D eigenvalue weighted by Crippen LogP contribution is 2.28. The Hall–Kier alpha value is -4.06. The monoisotopic (exact) mass is 509 g/mol. The fourth-order valence-corrected chi connectivity index (χ4v) is 5.43. The average Bonchev–Trinajstić information content (AvgIpc) is 3.37. The van der Waals surface area contributed by atoms with Crippen LogP contribution < -0.4 is 10.1 Å². The topological polar surface area (TPSA) is 74.4 Å². The minimum absolute atomic E-state index is 0.0989. The maximum atomic E-state index is 14.1. The maximum Gasteiger partial charge on any atom is 0.247 e. The van der Waals surface area contributed by atoms with E-state index in [0.717, 1.165) is 59.0 Å². The molecule has 1 aliphatic carbocycles. The van der Waals surface area contributed by atoms with E-state index in [9.17, 15) is 9.59 Å². The fourth-order valence-electron chi connectivity index (χ4n) is 5.43. The summed E-state index contributed by atoms with van der Waals surface area (Å²) in [6.07, 6.45) is 7.51. The Morgan fingerprint density at radius 1 is 0.947 bits per heavy atom. The Balaban J connectivity index is 1.50. The van der Waals surface area contributed by atoms with Crippen molar-refractivity contribution in [2.45, 2.75) is 57.2 Å². The summed E-state index contributed by atoms with van der Waals surface area (Å²) in [7, 11) is 1.63. The molecule has 5 rings (SSSR count). The number of aromatic nitrogens is 1. The molecule has 2 N–H and O–H groups in total.